The van der Waals surface area contributed by atoms with Crippen molar-refractivity contribution in [3.05, 3.63) is 41.6 Å². The molecule has 24 heavy (non-hydrogen) atoms. The maximum absolute atomic E-state index is 12.7. The van der Waals surface area contributed by atoms with Gasteiger partial charge in [0.2, 0.25) is 11.8 Å². The van der Waals surface area contributed by atoms with E-state index in [4.69, 9.17) is 9.15 Å². The standard InChI is InChI=1S/C18H21N3O3/c1-23-15-5-3-2-4-14(15)18(22)21-10-8-13(9-11-21)17-20-19-16(24-17)12-6-7-12/h2-5,12-13H,6-11H2,1H3. The predicted molar refractivity (Wildman–Crippen MR) is 87.1 cm³/mol. The number of hydrogen-bond donors (Lipinski definition) is 0. The Morgan fingerprint density at radius 1 is 1.08 bits per heavy atom. The third-order valence-corrected chi connectivity index (χ3v) is 4.85. The van der Waals surface area contributed by atoms with Gasteiger partial charge < -0.3 is 14.1 Å². The molecule has 126 valence electrons. The van der Waals surface area contributed by atoms with Crippen molar-refractivity contribution in [1.82, 2.24) is 15.1 Å². The molecule has 1 aliphatic carbocycles. The van der Waals surface area contributed by atoms with Crippen molar-refractivity contribution in [2.45, 2.75) is 37.5 Å². The van der Waals surface area contributed by atoms with Gasteiger partial charge in [0.05, 0.1) is 12.7 Å². The minimum Gasteiger partial charge on any atom is -0.496 e. The number of hydrogen-bond acceptors (Lipinski definition) is 5. The highest BCUT2D eigenvalue weighted by Crippen LogP contribution is 2.40. The molecule has 2 aromatic rings. The lowest BCUT2D eigenvalue weighted by atomic mass is 9.96. The summed E-state index contributed by atoms with van der Waals surface area (Å²) in [5.74, 6) is 2.91. The molecule has 1 amide bonds. The van der Waals surface area contributed by atoms with Crippen LogP contribution in [0.25, 0.3) is 0 Å². The minimum absolute atomic E-state index is 0.0232. The van der Waals surface area contributed by atoms with Crippen molar-refractivity contribution in [2.24, 2.45) is 0 Å². The van der Waals surface area contributed by atoms with E-state index in [1.807, 2.05) is 29.2 Å². The highest BCUT2D eigenvalue weighted by molar-refractivity contribution is 5.97. The van der Waals surface area contributed by atoms with Crippen LogP contribution in [0.5, 0.6) is 5.75 Å². The average Bonchev–Trinajstić information content (AvgIpc) is 3.38. The van der Waals surface area contributed by atoms with Crippen molar-refractivity contribution in [3.63, 3.8) is 0 Å². The second-order valence-corrected chi connectivity index (χ2v) is 6.52. The number of nitrogens with zero attached hydrogens (tertiary/aromatic N) is 3. The monoisotopic (exact) mass is 327 g/mol. The quantitative estimate of drug-likeness (QED) is 0.863. The summed E-state index contributed by atoms with van der Waals surface area (Å²) in [5, 5.41) is 8.38. The Morgan fingerprint density at radius 3 is 2.33 bits per heavy atom. The number of benzene rings is 1. The fourth-order valence-corrected chi connectivity index (χ4v) is 3.23. The average molecular weight is 327 g/mol. The molecule has 1 saturated carbocycles. The normalized spacial score (nSPS) is 18.6. The first-order valence-electron chi connectivity index (χ1n) is 8.52. The second-order valence-electron chi connectivity index (χ2n) is 6.52. The Balaban J connectivity index is 1.40. The highest BCUT2D eigenvalue weighted by atomic mass is 16.5. The first-order chi connectivity index (χ1) is 11.8. The van der Waals surface area contributed by atoms with Gasteiger partial charge in [-0.05, 0) is 37.8 Å². The summed E-state index contributed by atoms with van der Waals surface area (Å²) >= 11 is 0. The molecule has 2 heterocycles. The predicted octanol–water partition coefficient (Wildman–Crippen LogP) is 2.98. The van der Waals surface area contributed by atoms with Crippen LogP contribution in [-0.4, -0.2) is 41.2 Å². The summed E-state index contributed by atoms with van der Waals surface area (Å²) in [7, 11) is 1.59. The number of methoxy groups -OCH3 is 1. The van der Waals surface area contributed by atoms with Crippen LogP contribution < -0.4 is 4.74 Å². The van der Waals surface area contributed by atoms with Gasteiger partial charge in [-0.3, -0.25) is 4.79 Å². The molecule has 0 N–H and O–H groups in total. The van der Waals surface area contributed by atoms with Crippen LogP contribution in [0.1, 0.15) is 59.7 Å². The number of ether oxygens (including phenoxy) is 1. The fraction of sp³-hybridized carbons (Fsp3) is 0.500. The van der Waals surface area contributed by atoms with E-state index in [0.717, 1.165) is 37.5 Å². The molecule has 1 saturated heterocycles. The number of likely N-dealkylation sites (tertiary alicyclic amines) is 1. The number of rotatable bonds is 4. The van der Waals surface area contributed by atoms with Gasteiger partial charge in [0.15, 0.2) is 0 Å². The van der Waals surface area contributed by atoms with E-state index in [2.05, 4.69) is 10.2 Å². The molecular weight excluding hydrogens is 306 g/mol. The minimum atomic E-state index is 0.0232. The van der Waals surface area contributed by atoms with E-state index in [-0.39, 0.29) is 11.8 Å². The SMILES string of the molecule is COc1ccccc1C(=O)N1CCC(c2nnc(C3CC3)o2)CC1. The van der Waals surface area contributed by atoms with Crippen LogP contribution in [0.3, 0.4) is 0 Å². The van der Waals surface area contributed by atoms with Crippen LogP contribution >= 0.6 is 0 Å². The number of carbonyl (C=O) groups excluding carboxylic acids is 1. The molecule has 2 aliphatic rings. The fourth-order valence-electron chi connectivity index (χ4n) is 3.23. The Hall–Kier alpha value is -2.37. The van der Waals surface area contributed by atoms with Crippen LogP contribution in [-0.2, 0) is 0 Å². The van der Waals surface area contributed by atoms with E-state index < -0.39 is 0 Å². The summed E-state index contributed by atoms with van der Waals surface area (Å²) in [4.78, 5) is 14.6. The summed E-state index contributed by atoms with van der Waals surface area (Å²) in [5.41, 5.74) is 0.618. The van der Waals surface area contributed by atoms with Gasteiger partial charge in [0, 0.05) is 24.9 Å². The molecule has 0 radical (unpaired) electrons. The van der Waals surface area contributed by atoms with Gasteiger partial charge in [0.1, 0.15) is 5.75 Å². The van der Waals surface area contributed by atoms with Gasteiger partial charge in [0.25, 0.3) is 5.91 Å². The van der Waals surface area contributed by atoms with E-state index in [1.165, 1.54) is 0 Å². The Kier molecular flexibility index (Phi) is 3.96. The molecule has 0 unspecified atom stereocenters. The lowest BCUT2D eigenvalue weighted by molar-refractivity contribution is 0.0702. The number of carbonyl (C=O) groups is 1. The topological polar surface area (TPSA) is 68.5 Å². The Bertz CT molecular complexity index is 731. The number of aromatic nitrogens is 2. The molecule has 4 rings (SSSR count). The van der Waals surface area contributed by atoms with Gasteiger partial charge in [-0.25, -0.2) is 0 Å². The van der Waals surface area contributed by atoms with E-state index in [0.29, 0.717) is 30.3 Å². The van der Waals surface area contributed by atoms with Crippen molar-refractivity contribution in [1.29, 1.82) is 0 Å². The van der Waals surface area contributed by atoms with Crippen LogP contribution in [0.2, 0.25) is 0 Å². The van der Waals surface area contributed by atoms with E-state index in [1.54, 1.807) is 7.11 Å². The van der Waals surface area contributed by atoms with Crippen molar-refractivity contribution in [3.8, 4) is 5.75 Å². The molecular formula is C18H21N3O3. The third-order valence-electron chi connectivity index (χ3n) is 4.85. The highest BCUT2D eigenvalue weighted by Gasteiger charge is 2.32. The van der Waals surface area contributed by atoms with Gasteiger partial charge >= 0.3 is 0 Å². The Morgan fingerprint density at radius 2 is 1.71 bits per heavy atom. The van der Waals surface area contributed by atoms with E-state index >= 15 is 0 Å². The molecule has 0 bridgehead atoms. The molecule has 2 fully saturated rings. The largest absolute Gasteiger partial charge is 0.496 e. The number of piperidine rings is 1. The third kappa shape index (κ3) is 2.88. The lowest BCUT2D eigenvalue weighted by Crippen LogP contribution is -2.38. The van der Waals surface area contributed by atoms with Crippen molar-refractivity contribution >= 4 is 5.91 Å². The summed E-state index contributed by atoms with van der Waals surface area (Å²) in [6.45, 7) is 1.39. The summed E-state index contributed by atoms with van der Waals surface area (Å²) in [6, 6.07) is 7.36. The zero-order valence-electron chi connectivity index (χ0n) is 13.8. The zero-order chi connectivity index (χ0) is 16.5. The summed E-state index contributed by atoms with van der Waals surface area (Å²) in [6.07, 6.45) is 4.03. The van der Waals surface area contributed by atoms with Gasteiger partial charge in [-0.15, -0.1) is 10.2 Å². The van der Waals surface area contributed by atoms with Crippen LogP contribution in [0.4, 0.5) is 0 Å². The molecule has 1 aliphatic heterocycles. The molecule has 0 spiro atoms. The first-order valence-corrected chi connectivity index (χ1v) is 8.52. The lowest BCUT2D eigenvalue weighted by Gasteiger charge is -2.30. The molecule has 6 nitrogen and oxygen atoms in total. The van der Waals surface area contributed by atoms with Crippen molar-refractivity contribution < 1.29 is 13.9 Å². The number of para-hydroxylation sites is 1. The van der Waals surface area contributed by atoms with Crippen LogP contribution in [0.15, 0.2) is 28.7 Å². The molecule has 0 atom stereocenters. The van der Waals surface area contributed by atoms with Gasteiger partial charge in [-0.2, -0.15) is 0 Å². The number of amides is 1. The molecule has 6 heteroatoms. The zero-order valence-corrected chi connectivity index (χ0v) is 13.8. The van der Waals surface area contributed by atoms with Crippen molar-refractivity contribution in [2.75, 3.05) is 20.2 Å². The van der Waals surface area contributed by atoms with E-state index in [9.17, 15) is 4.79 Å². The van der Waals surface area contributed by atoms with Crippen LogP contribution in [0, 0.1) is 0 Å². The Labute approximate surface area is 140 Å². The summed E-state index contributed by atoms with van der Waals surface area (Å²) < 4.78 is 11.1. The maximum atomic E-state index is 12.7. The molecule has 1 aromatic carbocycles. The maximum Gasteiger partial charge on any atom is 0.257 e. The van der Waals surface area contributed by atoms with Gasteiger partial charge in [-0.1, -0.05) is 12.1 Å². The molecule has 1 aromatic heterocycles. The smallest absolute Gasteiger partial charge is 0.257 e. The first kappa shape index (κ1) is 15.2. The second kappa shape index (κ2) is 6.26.